The van der Waals surface area contributed by atoms with Crippen molar-refractivity contribution in [1.82, 2.24) is 10.6 Å². The summed E-state index contributed by atoms with van der Waals surface area (Å²) in [6, 6.07) is 12.5. The number of nitrogens with one attached hydrogen (secondary N) is 2. The van der Waals surface area contributed by atoms with Crippen LogP contribution in [0.4, 0.5) is 9.18 Å². The van der Waals surface area contributed by atoms with Crippen molar-refractivity contribution >= 4 is 17.9 Å². The molecule has 1 atom stereocenters. The highest BCUT2D eigenvalue weighted by Gasteiger charge is 2.43. The van der Waals surface area contributed by atoms with E-state index in [9.17, 15) is 24.0 Å². The molecule has 9 nitrogen and oxygen atoms in total. The van der Waals surface area contributed by atoms with Crippen molar-refractivity contribution in [2.75, 3.05) is 13.2 Å². The number of hydrogen-bond acceptors (Lipinski definition) is 6. The number of nitrogens with two attached hydrogens (primary N) is 1. The number of nitriles is 1. The van der Waals surface area contributed by atoms with E-state index in [0.29, 0.717) is 11.1 Å². The number of alkyl carbamates (subject to hydrolysis) is 1. The normalized spacial score (nSPS) is 15.6. The topological polar surface area (TPSA) is 144 Å². The summed E-state index contributed by atoms with van der Waals surface area (Å²) in [7, 11) is 0. The lowest BCUT2D eigenvalue weighted by Crippen LogP contribution is -2.63. The molecule has 1 aliphatic rings. The van der Waals surface area contributed by atoms with Gasteiger partial charge in [-0.3, -0.25) is 9.59 Å². The Morgan fingerprint density at radius 1 is 1.14 bits per heavy atom. The predicted octanol–water partition coefficient (Wildman–Crippen LogP) is 3.22. The van der Waals surface area contributed by atoms with Crippen LogP contribution in [0.25, 0.3) is 11.1 Å². The molecule has 0 saturated carbocycles. The molecule has 1 fully saturated rings. The van der Waals surface area contributed by atoms with Crippen LogP contribution in [0.1, 0.15) is 49.5 Å². The van der Waals surface area contributed by atoms with Crippen LogP contribution in [0, 0.1) is 17.1 Å². The number of primary amides is 1. The minimum atomic E-state index is -1.25. The number of hydrogen-bond donors (Lipinski definition) is 3. The van der Waals surface area contributed by atoms with Gasteiger partial charge in [-0.15, -0.1) is 0 Å². The molecule has 3 rings (SSSR count). The molecule has 0 spiro atoms. The number of rotatable bonds is 7. The Bertz CT molecular complexity index is 1190. The zero-order valence-corrected chi connectivity index (χ0v) is 21.1. The number of ether oxygens (including phenoxy) is 2. The summed E-state index contributed by atoms with van der Waals surface area (Å²) in [5.41, 5.74) is 5.03. The first-order valence-corrected chi connectivity index (χ1v) is 11.9. The quantitative estimate of drug-likeness (QED) is 0.522. The average Bonchev–Trinajstić information content (AvgIpc) is 2.83. The van der Waals surface area contributed by atoms with E-state index in [2.05, 4.69) is 16.7 Å². The molecule has 3 amide bonds. The van der Waals surface area contributed by atoms with Crippen molar-refractivity contribution < 1.29 is 28.2 Å². The van der Waals surface area contributed by atoms with E-state index in [1.165, 1.54) is 12.1 Å². The van der Waals surface area contributed by atoms with Crippen LogP contribution in [-0.4, -0.2) is 48.3 Å². The van der Waals surface area contributed by atoms with Crippen LogP contribution in [0.5, 0.6) is 0 Å². The monoisotopic (exact) mass is 510 g/mol. The van der Waals surface area contributed by atoms with Crippen molar-refractivity contribution in [1.29, 1.82) is 5.26 Å². The van der Waals surface area contributed by atoms with Gasteiger partial charge in [0.25, 0.3) is 5.91 Å². The van der Waals surface area contributed by atoms with Crippen LogP contribution < -0.4 is 16.4 Å². The molecule has 196 valence electrons. The molecule has 1 saturated heterocycles. The molecular weight excluding hydrogens is 479 g/mol. The lowest BCUT2D eigenvalue weighted by Gasteiger charge is -2.37. The smallest absolute Gasteiger partial charge is 0.408 e. The minimum absolute atomic E-state index is 0.184. The summed E-state index contributed by atoms with van der Waals surface area (Å²) in [5, 5.41) is 15.2. The Morgan fingerprint density at radius 2 is 1.76 bits per heavy atom. The van der Waals surface area contributed by atoms with Crippen molar-refractivity contribution in [3.05, 3.63) is 59.4 Å². The number of halogens is 1. The molecular formula is C27H31FN4O5. The summed E-state index contributed by atoms with van der Waals surface area (Å²) in [6.07, 6.45) is -0.00307. The van der Waals surface area contributed by atoms with Gasteiger partial charge in [0.2, 0.25) is 5.91 Å². The summed E-state index contributed by atoms with van der Waals surface area (Å²) in [4.78, 5) is 37.0. The van der Waals surface area contributed by atoms with Crippen LogP contribution in [0.2, 0.25) is 0 Å². The van der Waals surface area contributed by atoms with Crippen molar-refractivity contribution in [2.24, 2.45) is 5.73 Å². The van der Waals surface area contributed by atoms with Crippen LogP contribution in [0.3, 0.4) is 0 Å². The van der Waals surface area contributed by atoms with E-state index in [4.69, 9.17) is 15.2 Å². The van der Waals surface area contributed by atoms with Crippen LogP contribution in [0.15, 0.2) is 42.5 Å². The number of carbonyl (C=O) groups is 3. The van der Waals surface area contributed by atoms with E-state index >= 15 is 0 Å². The highest BCUT2D eigenvalue weighted by atomic mass is 19.1. The van der Waals surface area contributed by atoms with Crippen molar-refractivity contribution in [3.63, 3.8) is 0 Å². The summed E-state index contributed by atoms with van der Waals surface area (Å²) in [5.74, 6) is -2.02. The first kappa shape index (κ1) is 27.6. The predicted molar refractivity (Wildman–Crippen MR) is 134 cm³/mol. The fourth-order valence-corrected chi connectivity index (χ4v) is 4.02. The van der Waals surface area contributed by atoms with Gasteiger partial charge in [0.1, 0.15) is 23.0 Å². The van der Waals surface area contributed by atoms with Crippen LogP contribution >= 0.6 is 0 Å². The second-order valence-electron chi connectivity index (χ2n) is 9.94. The standard InChI is InChI=1S/C27H31FN4O5/c1-26(2,3)37-25(35)32-27(10-12-36-13-11-27)24(34)31-20(16-29)14-17-4-6-18(7-5-17)19-8-9-21(23(30)33)22(28)15-19/h4-9,15,20H,10-14H2,1-3H3,(H2,30,33)(H,31,34)(H,32,35). The highest BCUT2D eigenvalue weighted by molar-refractivity contribution is 5.93. The molecule has 2 aromatic rings. The van der Waals surface area contributed by atoms with E-state index < -0.39 is 40.9 Å². The van der Waals surface area contributed by atoms with Gasteiger partial charge in [0, 0.05) is 32.5 Å². The van der Waals surface area contributed by atoms with Gasteiger partial charge in [-0.2, -0.15) is 5.26 Å². The van der Waals surface area contributed by atoms with Gasteiger partial charge < -0.3 is 25.8 Å². The molecule has 37 heavy (non-hydrogen) atoms. The summed E-state index contributed by atoms with van der Waals surface area (Å²) in [6.45, 7) is 5.75. The molecule has 2 aromatic carbocycles. The largest absolute Gasteiger partial charge is 0.444 e. The minimum Gasteiger partial charge on any atom is -0.444 e. The third kappa shape index (κ3) is 7.27. The first-order chi connectivity index (χ1) is 17.4. The van der Waals surface area contributed by atoms with Gasteiger partial charge in [0.15, 0.2) is 0 Å². The van der Waals surface area contributed by atoms with Gasteiger partial charge in [-0.1, -0.05) is 30.3 Å². The van der Waals surface area contributed by atoms with E-state index in [1.54, 1.807) is 51.1 Å². The van der Waals surface area contributed by atoms with Crippen LogP contribution in [-0.2, 0) is 20.7 Å². The van der Waals surface area contributed by atoms with Crippen molar-refractivity contribution in [3.8, 4) is 17.2 Å². The zero-order chi connectivity index (χ0) is 27.2. The van der Waals surface area contributed by atoms with E-state index in [-0.39, 0.29) is 38.0 Å². The third-order valence-corrected chi connectivity index (χ3v) is 5.94. The number of carbonyl (C=O) groups excluding carboxylic acids is 3. The number of nitrogens with zero attached hydrogens (tertiary/aromatic N) is 1. The summed E-state index contributed by atoms with van der Waals surface area (Å²) < 4.78 is 24.8. The molecule has 1 heterocycles. The summed E-state index contributed by atoms with van der Waals surface area (Å²) >= 11 is 0. The fraction of sp³-hybridized carbons (Fsp3) is 0.407. The molecule has 1 aliphatic heterocycles. The number of amides is 3. The second-order valence-corrected chi connectivity index (χ2v) is 9.94. The SMILES string of the molecule is CC(C)(C)OC(=O)NC1(C(=O)NC(C#N)Cc2ccc(-c3ccc(C(N)=O)c(F)c3)cc2)CCOCC1. The Morgan fingerprint density at radius 3 is 2.30 bits per heavy atom. The highest BCUT2D eigenvalue weighted by Crippen LogP contribution is 2.24. The second kappa shape index (κ2) is 11.4. The van der Waals surface area contributed by atoms with Crippen molar-refractivity contribution in [2.45, 2.75) is 57.2 Å². The third-order valence-electron chi connectivity index (χ3n) is 5.94. The maximum atomic E-state index is 14.1. The Kier molecular flexibility index (Phi) is 8.50. The Hall–Kier alpha value is -3.97. The molecule has 10 heteroatoms. The fourth-order valence-electron chi connectivity index (χ4n) is 4.02. The lowest BCUT2D eigenvalue weighted by atomic mass is 9.88. The average molecular weight is 511 g/mol. The van der Waals surface area contributed by atoms with Gasteiger partial charge in [0.05, 0.1) is 11.6 Å². The first-order valence-electron chi connectivity index (χ1n) is 11.9. The maximum Gasteiger partial charge on any atom is 0.408 e. The Balaban J connectivity index is 1.69. The van der Waals surface area contributed by atoms with E-state index in [1.807, 2.05) is 0 Å². The van der Waals surface area contributed by atoms with Gasteiger partial charge in [-0.25, -0.2) is 9.18 Å². The maximum absolute atomic E-state index is 14.1. The van der Waals surface area contributed by atoms with E-state index in [0.717, 1.165) is 5.56 Å². The molecule has 0 bridgehead atoms. The zero-order valence-electron chi connectivity index (χ0n) is 21.1. The lowest BCUT2D eigenvalue weighted by molar-refractivity contribution is -0.132. The Labute approximate surface area is 215 Å². The van der Waals surface area contributed by atoms with Gasteiger partial charge in [-0.05, 0) is 49.6 Å². The number of benzene rings is 2. The molecule has 0 aromatic heterocycles. The molecule has 0 radical (unpaired) electrons. The molecule has 4 N–H and O–H groups in total. The van der Waals surface area contributed by atoms with Gasteiger partial charge >= 0.3 is 6.09 Å². The molecule has 1 unspecified atom stereocenters. The molecule has 0 aliphatic carbocycles.